The normalized spacial score (nSPS) is 14.5. The zero-order chi connectivity index (χ0) is 42.8. The number of benzene rings is 8. The summed E-state index contributed by atoms with van der Waals surface area (Å²) in [6.45, 7) is 16.4. The van der Waals surface area contributed by atoms with Crippen LogP contribution in [0, 0.1) is 0 Å². The molecule has 0 atom stereocenters. The monoisotopic (exact) mass is 802 g/mol. The van der Waals surface area contributed by atoms with Gasteiger partial charge in [0.2, 0.25) is 0 Å². The number of para-hydroxylation sites is 3. The van der Waals surface area contributed by atoms with Gasteiger partial charge in [-0.05, 0) is 133 Å². The maximum Gasteiger partial charge on any atom is 0.0506 e. The third kappa shape index (κ3) is 6.75. The molecule has 62 heavy (non-hydrogen) atoms. The minimum atomic E-state index is -0.164. The molecule has 2 heteroatoms. The predicted molar refractivity (Wildman–Crippen MR) is 265 cm³/mol. The van der Waals surface area contributed by atoms with Crippen molar-refractivity contribution in [1.82, 2.24) is 0 Å². The van der Waals surface area contributed by atoms with E-state index in [1.165, 1.54) is 78.3 Å². The van der Waals surface area contributed by atoms with Crippen LogP contribution in [0.2, 0.25) is 0 Å². The molecule has 304 valence electrons. The van der Waals surface area contributed by atoms with Gasteiger partial charge in [-0.25, -0.2) is 0 Å². The first-order valence-corrected chi connectivity index (χ1v) is 22.0. The van der Waals surface area contributed by atoms with E-state index in [0.29, 0.717) is 0 Å². The molecule has 0 radical (unpaired) electrons. The Labute approximate surface area is 368 Å². The highest BCUT2D eigenvalue weighted by atomic mass is 15.2. The maximum absolute atomic E-state index is 2.51. The third-order valence-electron chi connectivity index (χ3n) is 13.4. The fourth-order valence-electron chi connectivity index (χ4n) is 9.82. The number of hydrogen-bond donors (Lipinski definition) is 0. The summed E-state index contributed by atoms with van der Waals surface area (Å²) >= 11 is 0. The average molecular weight is 803 g/mol. The molecule has 2 aliphatic rings. The summed E-state index contributed by atoms with van der Waals surface area (Å²) in [5.41, 5.74) is 21.2. The molecule has 8 aromatic carbocycles. The number of hydrogen-bond acceptors (Lipinski definition) is 2. The Morgan fingerprint density at radius 3 is 1.56 bits per heavy atom. The van der Waals surface area contributed by atoms with Crippen molar-refractivity contribution in [3.63, 3.8) is 0 Å². The van der Waals surface area contributed by atoms with Crippen molar-refractivity contribution in [2.45, 2.75) is 64.7 Å². The van der Waals surface area contributed by atoms with E-state index < -0.39 is 0 Å². The van der Waals surface area contributed by atoms with Crippen molar-refractivity contribution in [2.24, 2.45) is 0 Å². The first-order chi connectivity index (χ1) is 29.9. The molecule has 0 fully saturated rings. The highest BCUT2D eigenvalue weighted by molar-refractivity contribution is 5.92. The minimum absolute atomic E-state index is 0.0946. The first-order valence-electron chi connectivity index (χ1n) is 22.0. The van der Waals surface area contributed by atoms with Crippen LogP contribution in [-0.2, 0) is 16.2 Å². The molecule has 0 saturated heterocycles. The fraction of sp³-hybridized carbons (Fsp3) is 0.167. The van der Waals surface area contributed by atoms with Crippen molar-refractivity contribution in [3.05, 3.63) is 227 Å². The van der Waals surface area contributed by atoms with E-state index >= 15 is 0 Å². The summed E-state index contributed by atoms with van der Waals surface area (Å²) in [5, 5.41) is 0. The van der Waals surface area contributed by atoms with Crippen LogP contribution in [0.1, 0.15) is 87.4 Å². The van der Waals surface area contributed by atoms with Gasteiger partial charge in [0.05, 0.1) is 11.4 Å². The SMILES string of the molecule is CC(C)(C)c1ccc(N2c3ccccc3C(C)(C)c3cc4c(cc32)C(C)(C)c2cc(/C=C/c3ccc(-c5ccc(N(c6ccccc6)c6ccccc6)cc5)cc3)ccc2-4)cc1. The van der Waals surface area contributed by atoms with E-state index in [2.05, 4.69) is 258 Å². The highest BCUT2D eigenvalue weighted by Gasteiger charge is 2.42. The second-order valence-corrected chi connectivity index (χ2v) is 19.1. The molecule has 0 bridgehead atoms. The van der Waals surface area contributed by atoms with Gasteiger partial charge in [-0.3, -0.25) is 0 Å². The molecule has 1 aliphatic heterocycles. The lowest BCUT2D eigenvalue weighted by Gasteiger charge is -2.43. The van der Waals surface area contributed by atoms with Crippen LogP contribution < -0.4 is 9.80 Å². The van der Waals surface area contributed by atoms with Gasteiger partial charge in [-0.1, -0.05) is 182 Å². The average Bonchev–Trinajstić information content (AvgIpc) is 3.51. The van der Waals surface area contributed by atoms with Crippen LogP contribution in [-0.4, -0.2) is 0 Å². The van der Waals surface area contributed by atoms with Gasteiger partial charge < -0.3 is 9.80 Å². The summed E-state index contributed by atoms with van der Waals surface area (Å²) in [6, 6.07) is 69.2. The predicted octanol–water partition coefficient (Wildman–Crippen LogP) is 16.7. The Morgan fingerprint density at radius 1 is 0.419 bits per heavy atom. The molecule has 0 N–H and O–H groups in total. The first kappa shape index (κ1) is 39.2. The van der Waals surface area contributed by atoms with Crippen molar-refractivity contribution < 1.29 is 0 Å². The molecule has 1 heterocycles. The largest absolute Gasteiger partial charge is 0.311 e. The molecule has 0 spiro atoms. The number of rotatable bonds is 7. The van der Waals surface area contributed by atoms with Gasteiger partial charge in [-0.15, -0.1) is 0 Å². The van der Waals surface area contributed by atoms with Crippen LogP contribution in [0.25, 0.3) is 34.4 Å². The molecule has 8 aromatic rings. The lowest BCUT2D eigenvalue weighted by atomic mass is 9.71. The van der Waals surface area contributed by atoms with E-state index in [-0.39, 0.29) is 16.2 Å². The fourth-order valence-corrected chi connectivity index (χ4v) is 9.82. The lowest BCUT2D eigenvalue weighted by Crippen LogP contribution is -2.31. The van der Waals surface area contributed by atoms with E-state index in [4.69, 9.17) is 0 Å². The summed E-state index contributed by atoms with van der Waals surface area (Å²) < 4.78 is 0. The van der Waals surface area contributed by atoms with Gasteiger partial charge in [-0.2, -0.15) is 0 Å². The van der Waals surface area contributed by atoms with Crippen LogP contribution >= 0.6 is 0 Å². The van der Waals surface area contributed by atoms with E-state index in [9.17, 15) is 0 Å². The number of nitrogens with zero attached hydrogens (tertiary/aromatic N) is 2. The number of anilines is 6. The summed E-state index contributed by atoms with van der Waals surface area (Å²) in [6.07, 6.45) is 4.50. The lowest BCUT2D eigenvalue weighted by molar-refractivity contribution is 0.590. The molecule has 10 rings (SSSR count). The van der Waals surface area contributed by atoms with Gasteiger partial charge in [0.1, 0.15) is 0 Å². The van der Waals surface area contributed by atoms with Crippen molar-refractivity contribution in [3.8, 4) is 22.3 Å². The molecule has 2 nitrogen and oxygen atoms in total. The third-order valence-corrected chi connectivity index (χ3v) is 13.4. The summed E-state index contributed by atoms with van der Waals surface area (Å²) in [5.74, 6) is 0. The second-order valence-electron chi connectivity index (χ2n) is 19.1. The van der Waals surface area contributed by atoms with Gasteiger partial charge in [0.15, 0.2) is 0 Å². The molecule has 0 amide bonds. The van der Waals surface area contributed by atoms with Crippen LogP contribution in [0.3, 0.4) is 0 Å². The standard InChI is InChI=1S/C60H54N2/c1-58(2,3)45-31-35-49(36-32-45)62-56-21-15-14-20-52(56)59(4,5)55-39-51-50-37-26-42(38-53(50)60(6,7)54(51)40-57(55)62)23-22-41-24-27-43(28-25-41)44-29-33-48(34-30-44)61(46-16-10-8-11-17-46)47-18-12-9-13-19-47/h8-40H,1-7H3/b23-22+. The van der Waals surface area contributed by atoms with E-state index in [1.807, 2.05) is 0 Å². The molecule has 0 aromatic heterocycles. The summed E-state index contributed by atoms with van der Waals surface area (Å²) in [7, 11) is 0. The highest BCUT2D eigenvalue weighted by Crippen LogP contribution is 2.57. The molecule has 0 saturated carbocycles. The van der Waals surface area contributed by atoms with Crippen LogP contribution in [0.15, 0.2) is 188 Å². The van der Waals surface area contributed by atoms with Crippen molar-refractivity contribution >= 4 is 46.3 Å². The Bertz CT molecular complexity index is 2910. The molecular formula is C60H54N2. The molecule has 0 unspecified atom stereocenters. The van der Waals surface area contributed by atoms with Crippen molar-refractivity contribution in [2.75, 3.05) is 9.80 Å². The Morgan fingerprint density at radius 2 is 0.935 bits per heavy atom. The van der Waals surface area contributed by atoms with Gasteiger partial charge in [0, 0.05) is 33.6 Å². The van der Waals surface area contributed by atoms with Crippen molar-refractivity contribution in [1.29, 1.82) is 0 Å². The summed E-state index contributed by atoms with van der Waals surface area (Å²) in [4.78, 5) is 4.80. The van der Waals surface area contributed by atoms with E-state index in [1.54, 1.807) is 0 Å². The number of fused-ring (bicyclic) bond motifs is 5. The Balaban J connectivity index is 0.926. The minimum Gasteiger partial charge on any atom is -0.311 e. The molecular weight excluding hydrogens is 749 g/mol. The van der Waals surface area contributed by atoms with E-state index in [0.717, 1.165) is 17.1 Å². The maximum atomic E-state index is 2.51. The van der Waals surface area contributed by atoms with Crippen LogP contribution in [0.4, 0.5) is 34.1 Å². The zero-order valence-corrected chi connectivity index (χ0v) is 36.9. The topological polar surface area (TPSA) is 6.48 Å². The van der Waals surface area contributed by atoms with Gasteiger partial charge in [0.25, 0.3) is 0 Å². The van der Waals surface area contributed by atoms with Gasteiger partial charge >= 0.3 is 0 Å². The van der Waals surface area contributed by atoms with Crippen LogP contribution in [0.5, 0.6) is 0 Å². The quantitative estimate of drug-likeness (QED) is 0.148. The Kier molecular flexibility index (Phi) is 9.45. The zero-order valence-electron chi connectivity index (χ0n) is 36.9. The smallest absolute Gasteiger partial charge is 0.0506 e. The molecule has 1 aliphatic carbocycles. The second kappa shape index (κ2) is 14.9. The Hall–Kier alpha value is -6.90.